The first-order valence-corrected chi connectivity index (χ1v) is 10.6. The first kappa shape index (κ1) is 20.5. The third kappa shape index (κ3) is 4.69. The minimum absolute atomic E-state index is 0.0495. The fraction of sp³-hybridized carbons (Fsp3) is 0.292. The van der Waals surface area contributed by atoms with E-state index in [1.807, 2.05) is 30.3 Å². The van der Waals surface area contributed by atoms with Gasteiger partial charge in [0.25, 0.3) is 0 Å². The van der Waals surface area contributed by atoms with E-state index in [1.165, 1.54) is 16.5 Å². The molecule has 0 bridgehead atoms. The molecule has 1 aliphatic heterocycles. The van der Waals surface area contributed by atoms with Gasteiger partial charge in [0.15, 0.2) is 0 Å². The van der Waals surface area contributed by atoms with E-state index in [-0.39, 0.29) is 5.91 Å². The van der Waals surface area contributed by atoms with Crippen molar-refractivity contribution in [1.82, 2.24) is 15.2 Å². The summed E-state index contributed by atoms with van der Waals surface area (Å²) in [4.78, 5) is 17.9. The Labute approximate surface area is 181 Å². The van der Waals surface area contributed by atoms with E-state index in [0.29, 0.717) is 18.0 Å². The van der Waals surface area contributed by atoms with Crippen LogP contribution >= 0.6 is 11.6 Å². The highest BCUT2D eigenvalue weighted by Crippen LogP contribution is 2.31. The Morgan fingerprint density at radius 2 is 2.13 bits per heavy atom. The number of benzene rings is 2. The predicted molar refractivity (Wildman–Crippen MR) is 122 cm³/mol. The number of nitrogens with zero attached hydrogens (tertiary/aromatic N) is 1. The van der Waals surface area contributed by atoms with Gasteiger partial charge in [0.1, 0.15) is 5.75 Å². The molecule has 0 unspecified atom stereocenters. The number of aromatic nitrogens is 1. The molecule has 0 fully saturated rings. The van der Waals surface area contributed by atoms with E-state index in [1.54, 1.807) is 7.11 Å². The van der Waals surface area contributed by atoms with Crippen molar-refractivity contribution in [2.45, 2.75) is 19.4 Å². The van der Waals surface area contributed by atoms with Gasteiger partial charge in [0.05, 0.1) is 7.11 Å². The number of hydrogen-bond acceptors (Lipinski definition) is 3. The molecule has 3 aromatic rings. The molecule has 1 aromatic heterocycles. The van der Waals surface area contributed by atoms with Crippen molar-refractivity contribution < 1.29 is 9.53 Å². The molecule has 30 heavy (non-hydrogen) atoms. The lowest BCUT2D eigenvalue weighted by Crippen LogP contribution is -2.33. The minimum Gasteiger partial charge on any atom is -0.497 e. The van der Waals surface area contributed by atoms with Gasteiger partial charge in [0, 0.05) is 60.3 Å². The van der Waals surface area contributed by atoms with Gasteiger partial charge in [-0.2, -0.15) is 0 Å². The van der Waals surface area contributed by atoms with Crippen LogP contribution in [0.2, 0.25) is 5.02 Å². The molecule has 0 radical (unpaired) electrons. The third-order valence-corrected chi connectivity index (χ3v) is 5.99. The molecule has 5 nitrogen and oxygen atoms in total. The Morgan fingerprint density at radius 3 is 2.90 bits per heavy atom. The normalized spacial score (nSPS) is 14.5. The molecule has 0 spiro atoms. The van der Waals surface area contributed by atoms with Crippen molar-refractivity contribution >= 4 is 34.0 Å². The fourth-order valence-corrected chi connectivity index (χ4v) is 4.04. The Morgan fingerprint density at radius 1 is 1.27 bits per heavy atom. The SMILES string of the molecule is COc1ccc2[nH]cc(C3=CCN(CCC(=O)NCc4ccccc4Cl)CC3)c2c1. The van der Waals surface area contributed by atoms with Crippen LogP contribution in [0.15, 0.2) is 54.7 Å². The van der Waals surface area contributed by atoms with Gasteiger partial charge in [-0.05, 0) is 41.8 Å². The van der Waals surface area contributed by atoms with Crippen LogP contribution in [0.1, 0.15) is 24.0 Å². The summed E-state index contributed by atoms with van der Waals surface area (Å²) in [5, 5.41) is 4.83. The number of carbonyl (C=O) groups is 1. The summed E-state index contributed by atoms with van der Waals surface area (Å²) < 4.78 is 5.37. The number of rotatable bonds is 7. The van der Waals surface area contributed by atoms with Crippen LogP contribution in [0.3, 0.4) is 0 Å². The lowest BCUT2D eigenvalue weighted by Gasteiger charge is -2.26. The van der Waals surface area contributed by atoms with Crippen LogP contribution < -0.4 is 10.1 Å². The number of fused-ring (bicyclic) bond motifs is 1. The number of H-pyrrole nitrogens is 1. The largest absolute Gasteiger partial charge is 0.497 e. The summed E-state index contributed by atoms with van der Waals surface area (Å²) in [6, 6.07) is 13.7. The molecule has 2 heterocycles. The molecule has 2 aromatic carbocycles. The Balaban J connectivity index is 1.30. The maximum absolute atomic E-state index is 12.2. The molecular formula is C24H26ClN3O2. The zero-order chi connectivity index (χ0) is 20.9. The van der Waals surface area contributed by atoms with E-state index < -0.39 is 0 Å². The number of nitrogens with one attached hydrogen (secondary N) is 2. The first-order valence-electron chi connectivity index (χ1n) is 10.2. The van der Waals surface area contributed by atoms with Crippen LogP contribution in [-0.4, -0.2) is 42.5 Å². The predicted octanol–water partition coefficient (Wildman–Crippen LogP) is 4.63. The van der Waals surface area contributed by atoms with Gasteiger partial charge >= 0.3 is 0 Å². The number of methoxy groups -OCH3 is 1. The number of hydrogen-bond donors (Lipinski definition) is 2. The number of aromatic amines is 1. The van der Waals surface area contributed by atoms with Crippen LogP contribution in [-0.2, 0) is 11.3 Å². The topological polar surface area (TPSA) is 57.4 Å². The van der Waals surface area contributed by atoms with Crippen molar-refractivity contribution in [3.05, 3.63) is 70.9 Å². The number of carbonyl (C=O) groups excluding carboxylic acids is 1. The molecule has 4 rings (SSSR count). The Bertz CT molecular complexity index is 1070. The maximum atomic E-state index is 12.2. The number of amides is 1. The van der Waals surface area contributed by atoms with Gasteiger partial charge < -0.3 is 15.0 Å². The van der Waals surface area contributed by atoms with Crippen molar-refractivity contribution in [2.75, 3.05) is 26.7 Å². The maximum Gasteiger partial charge on any atom is 0.221 e. The summed E-state index contributed by atoms with van der Waals surface area (Å²) >= 11 is 6.14. The first-order chi connectivity index (χ1) is 14.6. The van der Waals surface area contributed by atoms with Crippen molar-refractivity contribution in [3.8, 4) is 5.75 Å². The standard InChI is InChI=1S/C24H26ClN3O2/c1-30-19-6-7-23-20(14-19)21(16-26-23)17-8-11-28(12-9-17)13-10-24(29)27-15-18-4-2-3-5-22(18)25/h2-8,14,16,26H,9-13,15H2,1H3,(H,27,29). The van der Waals surface area contributed by atoms with E-state index in [9.17, 15) is 4.79 Å². The highest BCUT2D eigenvalue weighted by atomic mass is 35.5. The lowest BCUT2D eigenvalue weighted by molar-refractivity contribution is -0.121. The van der Waals surface area contributed by atoms with Crippen LogP contribution in [0, 0.1) is 0 Å². The lowest BCUT2D eigenvalue weighted by atomic mass is 9.98. The average Bonchev–Trinajstić information content (AvgIpc) is 3.20. The molecule has 0 aliphatic carbocycles. The van der Waals surface area contributed by atoms with Gasteiger partial charge in [-0.25, -0.2) is 0 Å². The van der Waals surface area contributed by atoms with Crippen molar-refractivity contribution in [3.63, 3.8) is 0 Å². The highest BCUT2D eigenvalue weighted by Gasteiger charge is 2.17. The summed E-state index contributed by atoms with van der Waals surface area (Å²) in [6.07, 6.45) is 5.80. The van der Waals surface area contributed by atoms with Crippen LogP contribution in [0.4, 0.5) is 0 Å². The number of halogens is 1. The summed E-state index contributed by atoms with van der Waals surface area (Å²) in [6.45, 7) is 3.01. The summed E-state index contributed by atoms with van der Waals surface area (Å²) in [7, 11) is 1.69. The van der Waals surface area contributed by atoms with Crippen molar-refractivity contribution in [2.24, 2.45) is 0 Å². The van der Waals surface area contributed by atoms with E-state index in [0.717, 1.165) is 42.9 Å². The fourth-order valence-electron chi connectivity index (χ4n) is 3.83. The molecule has 2 N–H and O–H groups in total. The average molecular weight is 424 g/mol. The number of ether oxygens (including phenoxy) is 1. The van der Waals surface area contributed by atoms with Crippen molar-refractivity contribution in [1.29, 1.82) is 0 Å². The third-order valence-electron chi connectivity index (χ3n) is 5.62. The van der Waals surface area contributed by atoms with E-state index in [4.69, 9.17) is 16.3 Å². The molecule has 1 amide bonds. The van der Waals surface area contributed by atoms with Gasteiger partial charge in [-0.15, -0.1) is 0 Å². The Hall–Kier alpha value is -2.76. The van der Waals surface area contributed by atoms with E-state index in [2.05, 4.69) is 39.6 Å². The minimum atomic E-state index is 0.0495. The molecule has 156 valence electrons. The van der Waals surface area contributed by atoms with Gasteiger partial charge in [-0.1, -0.05) is 35.9 Å². The van der Waals surface area contributed by atoms with Gasteiger partial charge in [0.2, 0.25) is 5.91 Å². The zero-order valence-corrected chi connectivity index (χ0v) is 17.8. The molecule has 6 heteroatoms. The van der Waals surface area contributed by atoms with Gasteiger partial charge in [-0.3, -0.25) is 9.69 Å². The van der Waals surface area contributed by atoms with Crippen LogP contribution in [0.5, 0.6) is 5.75 Å². The zero-order valence-electron chi connectivity index (χ0n) is 17.1. The monoisotopic (exact) mass is 423 g/mol. The second-order valence-electron chi connectivity index (χ2n) is 7.51. The molecular weight excluding hydrogens is 398 g/mol. The molecule has 0 saturated heterocycles. The Kier molecular flexibility index (Phi) is 6.41. The second-order valence-corrected chi connectivity index (χ2v) is 7.92. The molecule has 1 aliphatic rings. The quantitative estimate of drug-likeness (QED) is 0.582. The molecule has 0 atom stereocenters. The van der Waals surface area contributed by atoms with Crippen LogP contribution in [0.25, 0.3) is 16.5 Å². The van der Waals surface area contributed by atoms with E-state index >= 15 is 0 Å². The summed E-state index contributed by atoms with van der Waals surface area (Å²) in [5.74, 6) is 0.914. The highest BCUT2D eigenvalue weighted by molar-refractivity contribution is 6.31. The summed E-state index contributed by atoms with van der Waals surface area (Å²) in [5.41, 5.74) is 4.63. The molecule has 0 saturated carbocycles. The smallest absolute Gasteiger partial charge is 0.221 e. The second kappa shape index (κ2) is 9.37.